The van der Waals surface area contributed by atoms with E-state index in [-0.39, 0.29) is 42.8 Å². The molecule has 1 saturated carbocycles. The second-order valence-corrected chi connectivity index (χ2v) is 6.40. The number of carbonyl (C=O) groups is 1. The van der Waals surface area contributed by atoms with Gasteiger partial charge in [0.2, 0.25) is 5.91 Å². The van der Waals surface area contributed by atoms with Crippen molar-refractivity contribution >= 4 is 30.7 Å². The predicted molar refractivity (Wildman–Crippen MR) is 94.4 cm³/mol. The Morgan fingerprint density at radius 3 is 2.10 bits per heavy atom. The summed E-state index contributed by atoms with van der Waals surface area (Å²) in [7, 11) is 3.92. The highest BCUT2D eigenvalue weighted by atomic mass is 35.5. The summed E-state index contributed by atoms with van der Waals surface area (Å²) in [6, 6.07) is 0.0756. The normalized spacial score (nSPS) is 18.6. The zero-order valence-corrected chi connectivity index (χ0v) is 15.4. The molecule has 128 valence electrons. The second-order valence-electron chi connectivity index (χ2n) is 6.40. The Morgan fingerprint density at radius 1 is 1.19 bits per heavy atom. The number of amides is 1. The van der Waals surface area contributed by atoms with Gasteiger partial charge in [0.1, 0.15) is 0 Å². The molecule has 3 N–H and O–H groups in total. The lowest BCUT2D eigenvalue weighted by molar-refractivity contribution is -0.128. The summed E-state index contributed by atoms with van der Waals surface area (Å²) in [4.78, 5) is 14.4. The summed E-state index contributed by atoms with van der Waals surface area (Å²) in [6.07, 6.45) is 6.29. The van der Waals surface area contributed by atoms with Gasteiger partial charge in [0, 0.05) is 12.6 Å². The number of likely N-dealkylation sites (N-methyl/N-ethyl adjacent to an activating group) is 1. The summed E-state index contributed by atoms with van der Waals surface area (Å²) in [5.74, 6) is 0.999. The van der Waals surface area contributed by atoms with Gasteiger partial charge >= 0.3 is 0 Å². The van der Waals surface area contributed by atoms with Crippen molar-refractivity contribution < 1.29 is 4.79 Å². The quantitative estimate of drug-likeness (QED) is 0.779. The lowest BCUT2D eigenvalue weighted by atomic mass is 9.83. The van der Waals surface area contributed by atoms with Crippen LogP contribution in [0.5, 0.6) is 0 Å². The van der Waals surface area contributed by atoms with Gasteiger partial charge < -0.3 is 11.1 Å². The molecule has 1 aliphatic rings. The highest BCUT2D eigenvalue weighted by molar-refractivity contribution is 5.85. The van der Waals surface area contributed by atoms with E-state index in [1.165, 1.54) is 32.1 Å². The monoisotopic (exact) mass is 341 g/mol. The molecule has 0 bridgehead atoms. The van der Waals surface area contributed by atoms with Gasteiger partial charge in [-0.3, -0.25) is 9.69 Å². The minimum Gasteiger partial charge on any atom is -0.350 e. The van der Waals surface area contributed by atoms with Crippen molar-refractivity contribution in [3.8, 4) is 0 Å². The number of nitrogens with zero attached hydrogens (tertiary/aromatic N) is 1. The minimum atomic E-state index is -0.0716. The topological polar surface area (TPSA) is 58.4 Å². The predicted octanol–water partition coefficient (Wildman–Crippen LogP) is 2.44. The maximum absolute atomic E-state index is 12.4. The number of nitrogens with two attached hydrogens (primary N) is 1. The van der Waals surface area contributed by atoms with E-state index in [0.717, 1.165) is 0 Å². The van der Waals surface area contributed by atoms with Gasteiger partial charge in [-0.05, 0) is 38.8 Å². The van der Waals surface area contributed by atoms with Crippen molar-refractivity contribution in [3.05, 3.63) is 0 Å². The first kappa shape index (κ1) is 23.2. The highest BCUT2D eigenvalue weighted by Crippen LogP contribution is 2.26. The summed E-state index contributed by atoms with van der Waals surface area (Å²) < 4.78 is 0. The van der Waals surface area contributed by atoms with Crippen molar-refractivity contribution in [2.45, 2.75) is 58.0 Å². The Bertz CT molecular complexity index is 274. The van der Waals surface area contributed by atoms with E-state index in [2.05, 4.69) is 19.2 Å². The highest BCUT2D eigenvalue weighted by Gasteiger charge is 2.29. The Labute approximate surface area is 142 Å². The van der Waals surface area contributed by atoms with Gasteiger partial charge in [-0.1, -0.05) is 33.1 Å². The third-order valence-corrected chi connectivity index (χ3v) is 4.26. The fourth-order valence-corrected chi connectivity index (χ4v) is 3.31. The molecule has 1 fully saturated rings. The maximum atomic E-state index is 12.4. The fraction of sp³-hybridized carbons (Fsp3) is 0.933. The number of rotatable bonds is 6. The van der Waals surface area contributed by atoms with Crippen LogP contribution in [0.1, 0.15) is 46.0 Å². The average Bonchev–Trinajstić information content (AvgIpc) is 2.36. The zero-order chi connectivity index (χ0) is 14.4. The lowest BCUT2D eigenvalue weighted by Gasteiger charge is -2.33. The minimum absolute atomic E-state index is 0. The largest absolute Gasteiger partial charge is 0.350 e. The van der Waals surface area contributed by atoms with Gasteiger partial charge in [-0.15, -0.1) is 24.8 Å². The molecule has 2 atom stereocenters. The van der Waals surface area contributed by atoms with Crippen molar-refractivity contribution in [3.63, 3.8) is 0 Å². The van der Waals surface area contributed by atoms with Crippen LogP contribution in [0.4, 0.5) is 0 Å². The van der Waals surface area contributed by atoms with Crippen molar-refractivity contribution in [1.82, 2.24) is 10.2 Å². The molecule has 0 aromatic rings. The molecule has 0 spiro atoms. The molecule has 0 aromatic carbocycles. The second kappa shape index (κ2) is 11.5. The SMILES string of the molecule is CC(C)C(C(=O)NC(CN)C1CCCCC1)N(C)C.Cl.Cl. The van der Waals surface area contributed by atoms with E-state index >= 15 is 0 Å². The Hall–Kier alpha value is -0.0300. The van der Waals surface area contributed by atoms with Crippen molar-refractivity contribution in [2.75, 3.05) is 20.6 Å². The molecule has 6 heteroatoms. The number of hydrogen-bond donors (Lipinski definition) is 2. The van der Waals surface area contributed by atoms with Crippen LogP contribution in [0, 0.1) is 11.8 Å². The van der Waals surface area contributed by atoms with Crippen LogP contribution in [0.25, 0.3) is 0 Å². The Kier molecular flexibility index (Phi) is 12.8. The van der Waals surface area contributed by atoms with Gasteiger partial charge in [-0.2, -0.15) is 0 Å². The van der Waals surface area contributed by atoms with Crippen LogP contribution in [-0.2, 0) is 4.79 Å². The van der Waals surface area contributed by atoms with Crippen LogP contribution >= 0.6 is 24.8 Å². The Balaban J connectivity index is 0. The van der Waals surface area contributed by atoms with Crippen LogP contribution in [0.15, 0.2) is 0 Å². The van der Waals surface area contributed by atoms with Crippen LogP contribution in [0.2, 0.25) is 0 Å². The molecule has 4 nitrogen and oxygen atoms in total. The van der Waals surface area contributed by atoms with E-state index in [4.69, 9.17) is 5.73 Å². The molecule has 2 unspecified atom stereocenters. The van der Waals surface area contributed by atoms with Gasteiger partial charge in [0.25, 0.3) is 0 Å². The van der Waals surface area contributed by atoms with Gasteiger partial charge in [0.05, 0.1) is 6.04 Å². The number of carbonyl (C=O) groups excluding carboxylic acids is 1. The first-order chi connectivity index (χ1) is 8.97. The molecule has 0 radical (unpaired) electrons. The van der Waals surface area contributed by atoms with Crippen LogP contribution in [0.3, 0.4) is 0 Å². The van der Waals surface area contributed by atoms with E-state index in [0.29, 0.717) is 18.4 Å². The fourth-order valence-electron chi connectivity index (χ4n) is 3.31. The molecule has 1 aliphatic carbocycles. The van der Waals surface area contributed by atoms with Crippen LogP contribution < -0.4 is 11.1 Å². The number of halogens is 2. The first-order valence-electron chi connectivity index (χ1n) is 7.64. The van der Waals surface area contributed by atoms with Gasteiger partial charge in [0.15, 0.2) is 0 Å². The molecule has 0 aromatic heterocycles. The standard InChI is InChI=1S/C15H31N3O.2ClH/c1-11(2)14(18(3)4)15(19)17-13(10-16)12-8-6-5-7-9-12;;/h11-14H,5-10,16H2,1-4H3,(H,17,19);2*1H. The van der Waals surface area contributed by atoms with Crippen LogP contribution in [-0.4, -0.2) is 43.5 Å². The van der Waals surface area contributed by atoms with Crippen molar-refractivity contribution in [1.29, 1.82) is 0 Å². The molecular weight excluding hydrogens is 309 g/mol. The van der Waals surface area contributed by atoms with E-state index < -0.39 is 0 Å². The third-order valence-electron chi connectivity index (χ3n) is 4.26. The summed E-state index contributed by atoms with van der Waals surface area (Å²) in [6.45, 7) is 4.72. The van der Waals surface area contributed by atoms with Gasteiger partial charge in [-0.25, -0.2) is 0 Å². The van der Waals surface area contributed by atoms with Crippen molar-refractivity contribution in [2.24, 2.45) is 17.6 Å². The Morgan fingerprint density at radius 2 is 1.71 bits per heavy atom. The molecule has 0 saturated heterocycles. The molecular formula is C15H33Cl2N3O. The lowest BCUT2D eigenvalue weighted by Crippen LogP contribution is -2.53. The maximum Gasteiger partial charge on any atom is 0.237 e. The molecule has 0 heterocycles. The van der Waals surface area contributed by atoms with E-state index in [9.17, 15) is 4.79 Å². The average molecular weight is 342 g/mol. The molecule has 1 rings (SSSR count). The third kappa shape index (κ3) is 7.18. The molecule has 1 amide bonds. The molecule has 0 aliphatic heterocycles. The number of nitrogens with one attached hydrogen (secondary N) is 1. The smallest absolute Gasteiger partial charge is 0.237 e. The summed E-state index contributed by atoms with van der Waals surface area (Å²) in [5, 5.41) is 3.19. The summed E-state index contributed by atoms with van der Waals surface area (Å²) in [5.41, 5.74) is 5.88. The summed E-state index contributed by atoms with van der Waals surface area (Å²) >= 11 is 0. The van der Waals surface area contributed by atoms with E-state index in [1.54, 1.807) is 0 Å². The number of hydrogen-bond acceptors (Lipinski definition) is 3. The first-order valence-corrected chi connectivity index (χ1v) is 7.64. The molecule has 21 heavy (non-hydrogen) atoms. The van der Waals surface area contributed by atoms with E-state index in [1.807, 2.05) is 19.0 Å². The zero-order valence-electron chi connectivity index (χ0n) is 13.8.